The van der Waals surface area contributed by atoms with E-state index < -0.39 is 34.3 Å². The van der Waals surface area contributed by atoms with Gasteiger partial charge in [-0.2, -0.15) is 26.3 Å². The van der Waals surface area contributed by atoms with E-state index in [0.717, 1.165) is 0 Å². The molecule has 1 aromatic carbocycles. The zero-order valence-corrected chi connectivity index (χ0v) is 9.29. The minimum atomic E-state index is -4.90. The topological polar surface area (TPSA) is 101 Å². The van der Waals surface area contributed by atoms with E-state index in [2.05, 4.69) is 0 Å². The van der Waals surface area contributed by atoms with Crippen LogP contribution in [0.25, 0.3) is 0 Å². The van der Waals surface area contributed by atoms with Crippen LogP contribution in [-0.2, 0) is 12.4 Å². The Hall–Kier alpha value is -2.24. The molecule has 0 aromatic heterocycles. The number of nitrogens with two attached hydrogens (primary N) is 1. The second kappa shape index (κ2) is 6.27. The molecule has 0 aliphatic rings. The number of nitrogen functional groups attached to an aromatic ring is 1. The molecule has 0 atom stereocenters. The molecule has 0 spiro atoms. The molecule has 6 nitrogen and oxygen atoms in total. The molecular weight excluding hydrogens is 300 g/mol. The molecule has 0 aliphatic carbocycles. The molecule has 1 rings (SSSR count). The second-order valence-electron chi connectivity index (χ2n) is 3.14. The summed E-state index contributed by atoms with van der Waals surface area (Å²) in [6.07, 6.45) is -9.73. The molecule has 0 amide bonds. The Morgan fingerprint density at radius 1 is 1.15 bits per heavy atom. The average Bonchev–Trinajstić information content (AvgIpc) is 2.25. The molecule has 0 fully saturated rings. The number of hydrogen-bond donors (Lipinski definition) is 3. The normalized spacial score (nSPS) is 11.3. The van der Waals surface area contributed by atoms with Gasteiger partial charge in [-0.1, -0.05) is 0 Å². The van der Waals surface area contributed by atoms with Gasteiger partial charge in [0.25, 0.3) is 5.09 Å². The number of anilines is 1. The number of benzene rings is 1. The van der Waals surface area contributed by atoms with Crippen LogP contribution in [0.3, 0.4) is 0 Å². The standard InChI is InChI=1S/C8H6F6N2.HNO3/c9-7(10,11)4-1-2-6(16-15)5(3-4)8(12,13)14;2-1(3)4/h1-3,16H,15H2;(H,2,3,4). The van der Waals surface area contributed by atoms with Crippen LogP contribution in [0.15, 0.2) is 18.2 Å². The van der Waals surface area contributed by atoms with Gasteiger partial charge < -0.3 is 10.6 Å². The molecule has 1 aromatic rings. The van der Waals surface area contributed by atoms with Crippen molar-refractivity contribution in [3.8, 4) is 0 Å². The summed E-state index contributed by atoms with van der Waals surface area (Å²) in [7, 11) is 0. The van der Waals surface area contributed by atoms with Gasteiger partial charge in [-0.3, -0.25) is 5.84 Å². The molecule has 0 heterocycles. The summed E-state index contributed by atoms with van der Waals surface area (Å²) in [6.45, 7) is 0. The van der Waals surface area contributed by atoms with Crippen molar-refractivity contribution in [1.82, 2.24) is 0 Å². The Morgan fingerprint density at radius 3 is 1.90 bits per heavy atom. The first-order chi connectivity index (χ1) is 8.89. The van der Waals surface area contributed by atoms with Gasteiger partial charge in [-0.15, -0.1) is 10.1 Å². The zero-order valence-electron chi connectivity index (χ0n) is 9.29. The van der Waals surface area contributed by atoms with Crippen molar-refractivity contribution in [2.45, 2.75) is 12.4 Å². The van der Waals surface area contributed by atoms with Crippen molar-refractivity contribution in [3.05, 3.63) is 39.4 Å². The second-order valence-corrected chi connectivity index (χ2v) is 3.14. The van der Waals surface area contributed by atoms with Crippen LogP contribution in [0.4, 0.5) is 32.0 Å². The smallest absolute Gasteiger partial charge is 0.328 e. The first-order valence-electron chi connectivity index (χ1n) is 4.48. The quantitative estimate of drug-likeness (QED) is 0.320. The molecule has 0 aliphatic heterocycles. The third kappa shape index (κ3) is 5.60. The fraction of sp³-hybridized carbons (Fsp3) is 0.250. The number of nitrogens with one attached hydrogen (secondary N) is 1. The SMILES string of the molecule is NNc1ccc(C(F)(F)F)cc1C(F)(F)F.O=[N+]([O-])O. The van der Waals surface area contributed by atoms with Crippen molar-refractivity contribution in [3.63, 3.8) is 0 Å². The number of rotatable bonds is 1. The maximum absolute atomic E-state index is 12.3. The summed E-state index contributed by atoms with van der Waals surface area (Å²) < 4.78 is 73.5. The summed E-state index contributed by atoms with van der Waals surface area (Å²) in [5, 5.41) is 13.6. The largest absolute Gasteiger partial charge is 0.418 e. The Kier molecular flexibility index (Phi) is 5.57. The summed E-state index contributed by atoms with van der Waals surface area (Å²) in [6, 6.07) is 1.16. The van der Waals surface area contributed by atoms with Gasteiger partial charge in [0.05, 0.1) is 16.8 Å². The molecular formula is C8H7F6N3O3. The molecule has 12 heteroatoms. The highest BCUT2D eigenvalue weighted by Crippen LogP contribution is 2.38. The molecule has 0 saturated carbocycles. The average molecular weight is 307 g/mol. The van der Waals surface area contributed by atoms with Crippen molar-refractivity contribution in [2.75, 3.05) is 5.43 Å². The van der Waals surface area contributed by atoms with E-state index in [-0.39, 0.29) is 6.07 Å². The Balaban J connectivity index is 0.000000796. The molecule has 0 radical (unpaired) electrons. The number of hydrazine groups is 1. The summed E-state index contributed by atoms with van der Waals surface area (Å²) in [5.41, 5.74) is -1.75. The Labute approximate surface area is 106 Å². The van der Waals surface area contributed by atoms with Crippen LogP contribution >= 0.6 is 0 Å². The number of nitrogens with zero attached hydrogens (tertiary/aromatic N) is 1. The van der Waals surface area contributed by atoms with E-state index in [4.69, 9.17) is 21.2 Å². The predicted molar refractivity (Wildman–Crippen MR) is 53.0 cm³/mol. The Bertz CT molecular complexity index is 470. The van der Waals surface area contributed by atoms with Gasteiger partial charge in [0, 0.05) is 0 Å². The third-order valence-electron chi connectivity index (χ3n) is 1.81. The van der Waals surface area contributed by atoms with Gasteiger partial charge in [-0.05, 0) is 18.2 Å². The first kappa shape index (κ1) is 17.8. The first-order valence-corrected chi connectivity index (χ1v) is 4.48. The minimum absolute atomic E-state index is 0.00912. The van der Waals surface area contributed by atoms with Gasteiger partial charge in [-0.25, -0.2) is 0 Å². The van der Waals surface area contributed by atoms with Crippen LogP contribution in [0.2, 0.25) is 0 Å². The van der Waals surface area contributed by atoms with Crippen molar-refractivity contribution in [1.29, 1.82) is 0 Å². The minimum Gasteiger partial charge on any atom is -0.328 e. The number of alkyl halides is 6. The maximum Gasteiger partial charge on any atom is 0.418 e. The lowest BCUT2D eigenvalue weighted by atomic mass is 10.1. The van der Waals surface area contributed by atoms with Crippen LogP contribution in [0, 0.1) is 10.1 Å². The fourth-order valence-electron chi connectivity index (χ4n) is 1.08. The molecule has 20 heavy (non-hydrogen) atoms. The summed E-state index contributed by atoms with van der Waals surface area (Å²) in [4.78, 5) is 8.36. The van der Waals surface area contributed by atoms with Crippen molar-refractivity contribution < 1.29 is 36.6 Å². The van der Waals surface area contributed by atoms with E-state index in [1.54, 1.807) is 5.43 Å². The monoisotopic (exact) mass is 307 g/mol. The lowest BCUT2D eigenvalue weighted by molar-refractivity contribution is -0.742. The van der Waals surface area contributed by atoms with Gasteiger partial charge in [0.1, 0.15) is 0 Å². The summed E-state index contributed by atoms with van der Waals surface area (Å²) >= 11 is 0. The van der Waals surface area contributed by atoms with Crippen LogP contribution in [-0.4, -0.2) is 10.3 Å². The summed E-state index contributed by atoms with van der Waals surface area (Å²) in [5.74, 6) is 4.78. The highest BCUT2D eigenvalue weighted by molar-refractivity contribution is 5.53. The lowest BCUT2D eigenvalue weighted by Crippen LogP contribution is -2.16. The van der Waals surface area contributed by atoms with E-state index in [1.807, 2.05) is 0 Å². The highest BCUT2D eigenvalue weighted by Gasteiger charge is 2.38. The number of hydrogen-bond acceptors (Lipinski definition) is 4. The maximum atomic E-state index is 12.3. The van der Waals surface area contributed by atoms with Crippen LogP contribution < -0.4 is 11.3 Å². The predicted octanol–water partition coefficient (Wildman–Crippen LogP) is 2.66. The Morgan fingerprint density at radius 2 is 1.60 bits per heavy atom. The lowest BCUT2D eigenvalue weighted by Gasteiger charge is -2.15. The van der Waals surface area contributed by atoms with E-state index in [1.165, 1.54) is 0 Å². The van der Waals surface area contributed by atoms with Crippen molar-refractivity contribution >= 4 is 5.69 Å². The van der Waals surface area contributed by atoms with E-state index >= 15 is 0 Å². The van der Waals surface area contributed by atoms with Gasteiger partial charge in [0.2, 0.25) is 0 Å². The van der Waals surface area contributed by atoms with E-state index in [9.17, 15) is 26.3 Å². The van der Waals surface area contributed by atoms with Crippen LogP contribution in [0.5, 0.6) is 0 Å². The molecule has 4 N–H and O–H groups in total. The third-order valence-corrected chi connectivity index (χ3v) is 1.81. The highest BCUT2D eigenvalue weighted by atomic mass is 19.4. The van der Waals surface area contributed by atoms with Crippen molar-refractivity contribution in [2.24, 2.45) is 5.84 Å². The van der Waals surface area contributed by atoms with E-state index in [0.29, 0.717) is 12.1 Å². The zero-order chi connectivity index (χ0) is 16.1. The fourth-order valence-corrected chi connectivity index (χ4v) is 1.08. The van der Waals surface area contributed by atoms with Gasteiger partial charge >= 0.3 is 12.4 Å². The molecule has 0 bridgehead atoms. The molecule has 0 saturated heterocycles. The molecule has 0 unspecified atom stereocenters. The van der Waals surface area contributed by atoms with Gasteiger partial charge in [0.15, 0.2) is 0 Å². The van der Waals surface area contributed by atoms with Crippen LogP contribution in [0.1, 0.15) is 11.1 Å². The number of halogens is 6. The molecule has 114 valence electrons.